The molecule has 0 aliphatic heterocycles. The maximum absolute atomic E-state index is 3.74. The second-order valence-corrected chi connectivity index (χ2v) is 7.10. The molecule has 100 valence electrons. The van der Waals surface area contributed by atoms with Gasteiger partial charge in [-0.2, -0.15) is 0 Å². The first kappa shape index (κ1) is 13.4. The topological polar surface area (TPSA) is 12.0 Å². The van der Waals surface area contributed by atoms with Crippen LogP contribution in [0.15, 0.2) is 0 Å². The molecule has 0 aromatic carbocycles. The third-order valence-corrected chi connectivity index (χ3v) is 4.64. The summed E-state index contributed by atoms with van der Waals surface area (Å²) in [4.78, 5) is 0. The van der Waals surface area contributed by atoms with E-state index in [-0.39, 0.29) is 0 Å². The van der Waals surface area contributed by atoms with E-state index in [9.17, 15) is 0 Å². The zero-order valence-corrected chi connectivity index (χ0v) is 12.0. The first-order valence-corrected chi connectivity index (χ1v) is 7.88. The van der Waals surface area contributed by atoms with Gasteiger partial charge >= 0.3 is 0 Å². The molecular weight excluding hydrogens is 206 g/mol. The minimum absolute atomic E-state index is 0.870. The highest BCUT2D eigenvalue weighted by atomic mass is 14.9. The minimum atomic E-state index is 0.870. The molecule has 17 heavy (non-hydrogen) atoms. The predicted molar refractivity (Wildman–Crippen MR) is 75.1 cm³/mol. The lowest BCUT2D eigenvalue weighted by atomic mass is 9.84. The van der Waals surface area contributed by atoms with E-state index < -0.39 is 0 Å². The van der Waals surface area contributed by atoms with Gasteiger partial charge in [0, 0.05) is 6.04 Å². The lowest BCUT2D eigenvalue weighted by Gasteiger charge is -2.24. The summed E-state index contributed by atoms with van der Waals surface area (Å²) in [7, 11) is 0. The maximum atomic E-state index is 3.74. The van der Waals surface area contributed by atoms with Gasteiger partial charge in [0.2, 0.25) is 0 Å². The summed E-state index contributed by atoms with van der Waals surface area (Å²) in [6, 6.07) is 0.893. The molecule has 0 aromatic heterocycles. The van der Waals surface area contributed by atoms with Gasteiger partial charge in [0.15, 0.2) is 0 Å². The Labute approximate surface area is 108 Å². The van der Waals surface area contributed by atoms with Gasteiger partial charge in [-0.25, -0.2) is 0 Å². The molecule has 1 nitrogen and oxygen atoms in total. The van der Waals surface area contributed by atoms with E-state index in [2.05, 4.69) is 26.1 Å². The molecule has 2 fully saturated rings. The largest absolute Gasteiger partial charge is 0.314 e. The van der Waals surface area contributed by atoms with E-state index in [1.54, 1.807) is 0 Å². The quantitative estimate of drug-likeness (QED) is 0.699. The molecule has 2 rings (SSSR count). The van der Waals surface area contributed by atoms with Crippen LogP contribution < -0.4 is 5.32 Å². The van der Waals surface area contributed by atoms with Crippen molar-refractivity contribution in [3.8, 4) is 0 Å². The average molecular weight is 237 g/mol. The Morgan fingerprint density at radius 2 is 1.71 bits per heavy atom. The van der Waals surface area contributed by atoms with Crippen LogP contribution in [0.2, 0.25) is 0 Å². The van der Waals surface area contributed by atoms with E-state index in [4.69, 9.17) is 0 Å². The lowest BCUT2D eigenvalue weighted by Crippen LogP contribution is -2.27. The van der Waals surface area contributed by atoms with Gasteiger partial charge in [-0.3, -0.25) is 0 Å². The van der Waals surface area contributed by atoms with Crippen molar-refractivity contribution in [3.63, 3.8) is 0 Å². The minimum Gasteiger partial charge on any atom is -0.314 e. The van der Waals surface area contributed by atoms with Gasteiger partial charge in [0.25, 0.3) is 0 Å². The summed E-state index contributed by atoms with van der Waals surface area (Å²) in [6.07, 6.45) is 10.2. The first-order chi connectivity index (χ1) is 8.15. The molecule has 0 heterocycles. The second kappa shape index (κ2) is 6.22. The Morgan fingerprint density at radius 1 is 1.00 bits per heavy atom. The van der Waals surface area contributed by atoms with Crippen LogP contribution in [0.1, 0.15) is 65.7 Å². The van der Waals surface area contributed by atoms with Crippen molar-refractivity contribution in [2.45, 2.75) is 71.8 Å². The van der Waals surface area contributed by atoms with Crippen molar-refractivity contribution >= 4 is 0 Å². The van der Waals surface area contributed by atoms with E-state index in [0.29, 0.717) is 0 Å². The van der Waals surface area contributed by atoms with Crippen LogP contribution in [-0.2, 0) is 0 Å². The predicted octanol–water partition coefficient (Wildman–Crippen LogP) is 4.23. The Kier molecular flexibility index (Phi) is 4.90. The van der Waals surface area contributed by atoms with Crippen LogP contribution in [0.25, 0.3) is 0 Å². The number of nitrogens with one attached hydrogen (secondary N) is 1. The molecule has 1 heteroatoms. The highest BCUT2D eigenvalue weighted by Crippen LogP contribution is 2.37. The highest BCUT2D eigenvalue weighted by molar-refractivity contribution is 4.86. The van der Waals surface area contributed by atoms with Crippen LogP contribution in [0, 0.1) is 23.7 Å². The van der Waals surface area contributed by atoms with E-state index in [0.717, 1.165) is 29.7 Å². The van der Waals surface area contributed by atoms with Crippen molar-refractivity contribution in [3.05, 3.63) is 0 Å². The Hall–Kier alpha value is -0.0400. The van der Waals surface area contributed by atoms with Crippen LogP contribution in [0.5, 0.6) is 0 Å². The maximum Gasteiger partial charge on any atom is 0.00683 e. The normalized spacial score (nSPS) is 31.1. The fraction of sp³-hybridized carbons (Fsp3) is 1.00. The fourth-order valence-electron chi connectivity index (χ4n) is 3.72. The standard InChI is InChI=1S/C16H31N/c1-12(2)9-13(3)10-14-5-4-6-15(14)11-17-16-7-8-16/h12-17H,4-11H2,1-3H3. The Morgan fingerprint density at radius 3 is 2.35 bits per heavy atom. The molecule has 0 aromatic rings. The summed E-state index contributed by atoms with van der Waals surface area (Å²) in [5.41, 5.74) is 0. The monoisotopic (exact) mass is 237 g/mol. The zero-order chi connectivity index (χ0) is 12.3. The third kappa shape index (κ3) is 4.62. The molecule has 1 N–H and O–H groups in total. The zero-order valence-electron chi connectivity index (χ0n) is 12.0. The van der Waals surface area contributed by atoms with Gasteiger partial charge in [0.1, 0.15) is 0 Å². The third-order valence-electron chi connectivity index (χ3n) is 4.64. The van der Waals surface area contributed by atoms with Gasteiger partial charge in [0.05, 0.1) is 0 Å². The average Bonchev–Trinajstić information content (AvgIpc) is 2.96. The van der Waals surface area contributed by atoms with Crippen LogP contribution in [0.3, 0.4) is 0 Å². The smallest absolute Gasteiger partial charge is 0.00683 e. The molecular formula is C16H31N. The molecule has 0 saturated heterocycles. The van der Waals surface area contributed by atoms with Crippen molar-refractivity contribution in [2.75, 3.05) is 6.54 Å². The van der Waals surface area contributed by atoms with Crippen molar-refractivity contribution in [1.29, 1.82) is 0 Å². The lowest BCUT2D eigenvalue weighted by molar-refractivity contribution is 0.280. The molecule has 0 spiro atoms. The second-order valence-electron chi connectivity index (χ2n) is 7.10. The molecule has 0 radical (unpaired) electrons. The summed E-state index contributed by atoms with van der Waals surface area (Å²) in [5, 5.41) is 3.74. The van der Waals surface area contributed by atoms with Gasteiger partial charge < -0.3 is 5.32 Å². The Bertz CT molecular complexity index is 220. The fourth-order valence-corrected chi connectivity index (χ4v) is 3.72. The summed E-state index contributed by atoms with van der Waals surface area (Å²) in [6.45, 7) is 8.49. The van der Waals surface area contributed by atoms with Gasteiger partial charge in [-0.05, 0) is 62.3 Å². The van der Waals surface area contributed by atoms with E-state index in [1.165, 1.54) is 51.5 Å². The molecule has 0 bridgehead atoms. The highest BCUT2D eigenvalue weighted by Gasteiger charge is 2.30. The first-order valence-electron chi connectivity index (χ1n) is 7.88. The number of hydrogen-bond acceptors (Lipinski definition) is 1. The van der Waals surface area contributed by atoms with Crippen molar-refractivity contribution < 1.29 is 0 Å². The molecule has 2 aliphatic rings. The number of hydrogen-bond donors (Lipinski definition) is 1. The van der Waals surface area contributed by atoms with Crippen molar-refractivity contribution in [1.82, 2.24) is 5.32 Å². The molecule has 3 atom stereocenters. The van der Waals surface area contributed by atoms with Crippen LogP contribution >= 0.6 is 0 Å². The summed E-state index contributed by atoms with van der Waals surface area (Å²) >= 11 is 0. The summed E-state index contributed by atoms with van der Waals surface area (Å²) < 4.78 is 0. The van der Waals surface area contributed by atoms with Crippen molar-refractivity contribution in [2.24, 2.45) is 23.7 Å². The van der Waals surface area contributed by atoms with Gasteiger partial charge in [-0.15, -0.1) is 0 Å². The molecule has 2 aliphatic carbocycles. The van der Waals surface area contributed by atoms with E-state index >= 15 is 0 Å². The number of rotatable bonds is 7. The summed E-state index contributed by atoms with van der Waals surface area (Å²) in [5.74, 6) is 3.82. The van der Waals surface area contributed by atoms with E-state index in [1.807, 2.05) is 0 Å². The Balaban J connectivity index is 1.69. The molecule has 0 amide bonds. The van der Waals surface area contributed by atoms with Crippen LogP contribution in [-0.4, -0.2) is 12.6 Å². The van der Waals surface area contributed by atoms with Gasteiger partial charge in [-0.1, -0.05) is 33.6 Å². The molecule has 2 saturated carbocycles. The SMILES string of the molecule is CC(C)CC(C)CC1CCCC1CNC1CC1. The molecule has 3 unspecified atom stereocenters. The van der Waals surface area contributed by atoms with Crippen LogP contribution in [0.4, 0.5) is 0 Å².